The van der Waals surface area contributed by atoms with Crippen molar-refractivity contribution in [2.24, 2.45) is 0 Å². The van der Waals surface area contributed by atoms with Gasteiger partial charge in [0.1, 0.15) is 11.6 Å². The average Bonchev–Trinajstić information content (AvgIpc) is 2.88. The third-order valence-corrected chi connectivity index (χ3v) is 5.49. The Hall–Kier alpha value is -3.38. The van der Waals surface area contributed by atoms with Crippen LogP contribution in [-0.4, -0.2) is 22.8 Å². The van der Waals surface area contributed by atoms with Crippen LogP contribution in [0.3, 0.4) is 0 Å². The molecule has 0 spiro atoms. The lowest BCUT2D eigenvalue weighted by molar-refractivity contribution is -0.138. The second-order valence-electron chi connectivity index (χ2n) is 7.75. The summed E-state index contributed by atoms with van der Waals surface area (Å²) in [7, 11) is 0. The average molecular weight is 453 g/mol. The SMILES string of the molecule is C[C@@H]1Oc2ccc(NC(=O)Cc3ccc(F)cc3)cc2CN(Cc2ccc(Cl)cc2)C1=O. The highest BCUT2D eigenvalue weighted by atomic mass is 35.5. The Bertz CT molecular complexity index is 1130. The topological polar surface area (TPSA) is 58.6 Å². The maximum absolute atomic E-state index is 13.1. The number of halogens is 2. The number of fused-ring (bicyclic) bond motifs is 1. The van der Waals surface area contributed by atoms with Crippen LogP contribution in [0.25, 0.3) is 0 Å². The number of nitrogens with zero attached hydrogens (tertiary/aromatic N) is 1. The van der Waals surface area contributed by atoms with E-state index in [9.17, 15) is 14.0 Å². The van der Waals surface area contributed by atoms with E-state index in [0.29, 0.717) is 29.5 Å². The van der Waals surface area contributed by atoms with Gasteiger partial charge in [0.2, 0.25) is 5.91 Å². The highest BCUT2D eigenvalue weighted by molar-refractivity contribution is 6.30. The summed E-state index contributed by atoms with van der Waals surface area (Å²) >= 11 is 5.96. The molecule has 0 aromatic heterocycles. The van der Waals surface area contributed by atoms with E-state index >= 15 is 0 Å². The number of hydrogen-bond donors (Lipinski definition) is 1. The number of hydrogen-bond acceptors (Lipinski definition) is 3. The van der Waals surface area contributed by atoms with Gasteiger partial charge in [0, 0.05) is 29.4 Å². The molecule has 0 aliphatic carbocycles. The van der Waals surface area contributed by atoms with E-state index in [-0.39, 0.29) is 24.1 Å². The molecule has 0 unspecified atom stereocenters. The molecule has 1 atom stereocenters. The number of benzene rings is 3. The second kappa shape index (κ2) is 9.40. The Balaban J connectivity index is 1.50. The van der Waals surface area contributed by atoms with E-state index in [0.717, 1.165) is 16.7 Å². The Morgan fingerprint density at radius 3 is 2.50 bits per heavy atom. The number of anilines is 1. The summed E-state index contributed by atoms with van der Waals surface area (Å²) in [6.07, 6.45) is -0.492. The minimum Gasteiger partial charge on any atom is -0.481 e. The maximum Gasteiger partial charge on any atom is 0.263 e. The van der Waals surface area contributed by atoms with Gasteiger partial charge in [-0.15, -0.1) is 0 Å². The summed E-state index contributed by atoms with van der Waals surface area (Å²) in [5.41, 5.74) is 3.09. The van der Waals surface area contributed by atoms with Crippen LogP contribution in [0.15, 0.2) is 66.7 Å². The van der Waals surface area contributed by atoms with Crippen molar-refractivity contribution in [2.75, 3.05) is 5.32 Å². The molecule has 0 bridgehead atoms. The summed E-state index contributed by atoms with van der Waals surface area (Å²) in [5, 5.41) is 3.50. The molecule has 164 valence electrons. The number of carbonyl (C=O) groups is 2. The quantitative estimate of drug-likeness (QED) is 0.594. The van der Waals surface area contributed by atoms with Crippen molar-refractivity contribution in [1.29, 1.82) is 0 Å². The van der Waals surface area contributed by atoms with Crippen molar-refractivity contribution in [2.45, 2.75) is 32.5 Å². The zero-order chi connectivity index (χ0) is 22.7. The third kappa shape index (κ3) is 5.26. The lowest BCUT2D eigenvalue weighted by Gasteiger charge is -2.22. The van der Waals surface area contributed by atoms with Gasteiger partial charge >= 0.3 is 0 Å². The smallest absolute Gasteiger partial charge is 0.263 e. The van der Waals surface area contributed by atoms with Crippen molar-refractivity contribution in [1.82, 2.24) is 4.90 Å². The Labute approximate surface area is 190 Å². The minimum atomic E-state index is -0.623. The van der Waals surface area contributed by atoms with Crippen LogP contribution in [0.5, 0.6) is 5.75 Å². The molecular weight excluding hydrogens is 431 g/mol. The van der Waals surface area contributed by atoms with Crippen LogP contribution in [0, 0.1) is 5.82 Å². The van der Waals surface area contributed by atoms with Crippen molar-refractivity contribution in [3.05, 3.63) is 94.3 Å². The van der Waals surface area contributed by atoms with Gasteiger partial charge < -0.3 is 15.0 Å². The van der Waals surface area contributed by atoms with Gasteiger partial charge in [-0.3, -0.25) is 9.59 Å². The molecule has 4 rings (SSSR count). The van der Waals surface area contributed by atoms with E-state index in [4.69, 9.17) is 16.3 Å². The summed E-state index contributed by atoms with van der Waals surface area (Å²) in [6, 6.07) is 18.5. The largest absolute Gasteiger partial charge is 0.481 e. The minimum absolute atomic E-state index is 0.113. The lowest BCUT2D eigenvalue weighted by atomic mass is 10.1. The van der Waals surface area contributed by atoms with E-state index < -0.39 is 6.10 Å². The first-order valence-electron chi connectivity index (χ1n) is 10.2. The molecular formula is C25H22ClFN2O3. The van der Waals surface area contributed by atoms with E-state index in [1.807, 2.05) is 18.2 Å². The molecule has 0 radical (unpaired) electrons. The molecule has 1 aliphatic heterocycles. The van der Waals surface area contributed by atoms with Gasteiger partial charge in [0.25, 0.3) is 5.91 Å². The van der Waals surface area contributed by atoms with E-state index in [1.165, 1.54) is 12.1 Å². The van der Waals surface area contributed by atoms with Crippen molar-refractivity contribution in [3.63, 3.8) is 0 Å². The summed E-state index contributed by atoms with van der Waals surface area (Å²) in [6.45, 7) is 2.50. The highest BCUT2D eigenvalue weighted by Gasteiger charge is 2.28. The van der Waals surface area contributed by atoms with Crippen LogP contribution in [0.4, 0.5) is 10.1 Å². The maximum atomic E-state index is 13.1. The molecule has 0 saturated carbocycles. The third-order valence-electron chi connectivity index (χ3n) is 5.23. The van der Waals surface area contributed by atoms with Crippen molar-refractivity contribution < 1.29 is 18.7 Å². The van der Waals surface area contributed by atoms with Crippen LogP contribution in [0.1, 0.15) is 23.6 Å². The standard InChI is InChI=1S/C25H22ClFN2O3/c1-16-25(31)29(14-18-2-6-20(26)7-3-18)15-19-13-22(10-11-23(19)32-16)28-24(30)12-17-4-8-21(27)9-5-17/h2-11,13,16H,12,14-15H2,1H3,(H,28,30)/t16-/m0/s1. The van der Waals surface area contributed by atoms with Crippen LogP contribution in [-0.2, 0) is 29.1 Å². The molecule has 1 heterocycles. The molecule has 32 heavy (non-hydrogen) atoms. The van der Waals surface area contributed by atoms with E-state index in [2.05, 4.69) is 5.32 Å². The molecule has 0 fully saturated rings. The van der Waals surface area contributed by atoms with Gasteiger partial charge in [-0.25, -0.2) is 4.39 Å². The zero-order valence-electron chi connectivity index (χ0n) is 17.5. The normalized spacial score (nSPS) is 15.5. The number of ether oxygens (including phenoxy) is 1. The van der Waals surface area contributed by atoms with Gasteiger partial charge in [-0.2, -0.15) is 0 Å². The van der Waals surface area contributed by atoms with Crippen LogP contribution in [0.2, 0.25) is 5.02 Å². The molecule has 7 heteroatoms. The molecule has 5 nitrogen and oxygen atoms in total. The number of nitrogens with one attached hydrogen (secondary N) is 1. The second-order valence-corrected chi connectivity index (χ2v) is 8.19. The Morgan fingerprint density at radius 1 is 1.09 bits per heavy atom. The fraction of sp³-hybridized carbons (Fsp3) is 0.200. The fourth-order valence-corrected chi connectivity index (χ4v) is 3.74. The fourth-order valence-electron chi connectivity index (χ4n) is 3.61. The number of amides is 2. The van der Waals surface area contributed by atoms with Crippen molar-refractivity contribution >= 4 is 29.1 Å². The van der Waals surface area contributed by atoms with Crippen LogP contribution < -0.4 is 10.1 Å². The van der Waals surface area contributed by atoms with Gasteiger partial charge in [0.05, 0.1) is 6.42 Å². The van der Waals surface area contributed by atoms with E-state index in [1.54, 1.807) is 48.2 Å². The van der Waals surface area contributed by atoms with Gasteiger partial charge in [-0.1, -0.05) is 35.9 Å². The highest BCUT2D eigenvalue weighted by Crippen LogP contribution is 2.29. The first-order valence-corrected chi connectivity index (χ1v) is 10.6. The zero-order valence-corrected chi connectivity index (χ0v) is 18.2. The van der Waals surface area contributed by atoms with Gasteiger partial charge in [0.15, 0.2) is 6.10 Å². The molecule has 0 saturated heterocycles. The summed E-state index contributed by atoms with van der Waals surface area (Å²) < 4.78 is 18.9. The predicted octanol–water partition coefficient (Wildman–Crippen LogP) is 4.97. The number of carbonyl (C=O) groups excluding carboxylic acids is 2. The van der Waals surface area contributed by atoms with Crippen LogP contribution >= 0.6 is 11.6 Å². The summed E-state index contributed by atoms with van der Waals surface area (Å²) in [4.78, 5) is 27.0. The molecule has 1 N–H and O–H groups in total. The lowest BCUT2D eigenvalue weighted by Crippen LogP contribution is -2.37. The van der Waals surface area contributed by atoms with Gasteiger partial charge in [-0.05, 0) is 60.5 Å². The molecule has 2 amide bonds. The molecule has 3 aromatic carbocycles. The molecule has 1 aliphatic rings. The van der Waals surface area contributed by atoms with Crippen molar-refractivity contribution in [3.8, 4) is 5.75 Å². The first-order chi connectivity index (χ1) is 15.4. The first kappa shape index (κ1) is 21.8. The molecule has 3 aromatic rings. The Morgan fingerprint density at radius 2 is 1.78 bits per heavy atom. The Kier molecular flexibility index (Phi) is 6.42. The number of rotatable bonds is 5. The monoisotopic (exact) mass is 452 g/mol. The predicted molar refractivity (Wildman–Crippen MR) is 121 cm³/mol. The summed E-state index contributed by atoms with van der Waals surface area (Å²) in [5.74, 6) is -0.0561.